The zero-order valence-corrected chi connectivity index (χ0v) is 19.8. The van der Waals surface area contributed by atoms with Crippen LogP contribution in [0.4, 0.5) is 11.8 Å². The van der Waals surface area contributed by atoms with E-state index in [4.69, 9.17) is 10.7 Å². The van der Waals surface area contributed by atoms with Crippen molar-refractivity contribution in [2.24, 2.45) is 5.73 Å². The number of imidazole rings is 1. The number of hydrogen-bond donors (Lipinski definition) is 5. The first-order valence-electron chi connectivity index (χ1n) is 11.0. The van der Waals surface area contributed by atoms with Crippen molar-refractivity contribution in [2.45, 2.75) is 64.6 Å². The van der Waals surface area contributed by atoms with Crippen molar-refractivity contribution in [3.63, 3.8) is 0 Å². The first-order valence-corrected chi connectivity index (χ1v) is 11.8. The Morgan fingerprint density at radius 3 is 2.74 bits per heavy atom. The van der Waals surface area contributed by atoms with Crippen LogP contribution in [-0.4, -0.2) is 45.7 Å². The Morgan fingerprint density at radius 1 is 1.35 bits per heavy atom. The number of nitrogens with zero attached hydrogens (tertiary/aromatic N) is 2. The van der Waals surface area contributed by atoms with Gasteiger partial charge in [0.15, 0.2) is 11.5 Å². The third-order valence-electron chi connectivity index (χ3n) is 5.40. The number of aromatic nitrogens is 2. The Labute approximate surface area is 192 Å². The van der Waals surface area contributed by atoms with Crippen LogP contribution < -0.4 is 21.7 Å². The average Bonchev–Trinajstić information content (AvgIpc) is 3.07. The highest BCUT2D eigenvalue weighted by atomic mass is 79.9. The molecule has 8 nitrogen and oxygen atoms in total. The van der Waals surface area contributed by atoms with Gasteiger partial charge in [0.2, 0.25) is 5.95 Å². The number of aromatic hydroxyl groups is 1. The molecule has 1 fully saturated rings. The lowest BCUT2D eigenvalue weighted by Gasteiger charge is -2.24. The third-order valence-corrected chi connectivity index (χ3v) is 6.04. The van der Waals surface area contributed by atoms with Crippen molar-refractivity contribution in [3.05, 3.63) is 33.9 Å². The van der Waals surface area contributed by atoms with Gasteiger partial charge in [0.05, 0.1) is 11.0 Å². The summed E-state index contributed by atoms with van der Waals surface area (Å²) < 4.78 is 2.53. The molecule has 1 atom stereocenters. The molecule has 1 amide bonds. The molecule has 0 radical (unpaired) electrons. The molecular formula is C22H33BrN6O2. The smallest absolute Gasteiger partial charge is 0.271 e. The maximum Gasteiger partial charge on any atom is 0.271 e. The Bertz CT molecular complexity index is 892. The molecule has 1 aliphatic carbocycles. The maximum atomic E-state index is 13.0. The number of hydrogen-bond acceptors (Lipinski definition) is 6. The Kier molecular flexibility index (Phi) is 8.20. The molecule has 31 heavy (non-hydrogen) atoms. The summed E-state index contributed by atoms with van der Waals surface area (Å²) >= 11 is 3.38. The normalized spacial score (nSPS) is 15.5. The van der Waals surface area contributed by atoms with Crippen LogP contribution in [0.15, 0.2) is 22.7 Å². The third kappa shape index (κ3) is 6.13. The van der Waals surface area contributed by atoms with Crippen LogP contribution in [-0.2, 0) is 6.54 Å². The second-order valence-corrected chi connectivity index (χ2v) is 9.06. The number of phenols is 1. The summed E-state index contributed by atoms with van der Waals surface area (Å²) in [7, 11) is 0. The molecule has 0 bridgehead atoms. The van der Waals surface area contributed by atoms with Crippen molar-refractivity contribution < 1.29 is 9.90 Å². The zero-order valence-electron chi connectivity index (χ0n) is 18.2. The predicted molar refractivity (Wildman–Crippen MR) is 128 cm³/mol. The van der Waals surface area contributed by atoms with Gasteiger partial charge < -0.3 is 26.8 Å². The Morgan fingerprint density at radius 2 is 2.10 bits per heavy atom. The van der Waals surface area contributed by atoms with Crippen LogP contribution in [0.1, 0.15) is 62.0 Å². The lowest BCUT2D eigenvalue weighted by atomic mass is 9.96. The molecule has 0 saturated heterocycles. The van der Waals surface area contributed by atoms with Crippen LogP contribution in [0.25, 0.3) is 0 Å². The molecule has 1 aromatic heterocycles. The fraction of sp³-hybridized carbons (Fsp3) is 0.545. The van der Waals surface area contributed by atoms with E-state index >= 15 is 0 Å². The van der Waals surface area contributed by atoms with Gasteiger partial charge in [0.25, 0.3) is 5.91 Å². The highest BCUT2D eigenvalue weighted by Crippen LogP contribution is 2.29. The van der Waals surface area contributed by atoms with Gasteiger partial charge in [-0.3, -0.25) is 9.36 Å². The van der Waals surface area contributed by atoms with Crippen LogP contribution >= 0.6 is 15.9 Å². The summed E-state index contributed by atoms with van der Waals surface area (Å²) in [6, 6.07) is 5.61. The topological polar surface area (TPSA) is 117 Å². The average molecular weight is 493 g/mol. The second kappa shape index (κ2) is 10.9. The quantitative estimate of drug-likeness (QED) is 0.364. The number of amides is 1. The van der Waals surface area contributed by atoms with Crippen LogP contribution in [0.2, 0.25) is 0 Å². The van der Waals surface area contributed by atoms with Gasteiger partial charge in [0.1, 0.15) is 5.75 Å². The molecule has 0 aliphatic heterocycles. The molecule has 3 rings (SSSR count). The predicted octanol–water partition coefficient (Wildman–Crippen LogP) is 3.65. The number of rotatable bonds is 9. The summed E-state index contributed by atoms with van der Waals surface area (Å²) in [6.45, 7) is 5.27. The number of phenolic OH excluding ortho intramolecular Hbond substituents is 1. The number of benzene rings is 1. The summed E-state index contributed by atoms with van der Waals surface area (Å²) in [5.74, 6) is 1.19. The molecule has 1 saturated carbocycles. The number of carbonyl (C=O) groups excluding carboxylic acids is 1. The Balaban J connectivity index is 2.01. The van der Waals surface area contributed by atoms with Gasteiger partial charge in [-0.2, -0.15) is 4.98 Å². The van der Waals surface area contributed by atoms with E-state index in [2.05, 4.69) is 31.9 Å². The van der Waals surface area contributed by atoms with Gasteiger partial charge >= 0.3 is 0 Å². The number of nitrogens with one attached hydrogen (secondary N) is 3. The van der Waals surface area contributed by atoms with Gasteiger partial charge in [-0.05, 0) is 60.3 Å². The molecule has 1 aliphatic rings. The standard InChI is InChI=1S/C22H33BrN6O2/c1-3-25-21(31)19-20(26-12-14(2)24)28-22(27-16-7-5-4-6-8-16)29(19)13-15-9-10-18(30)17(23)11-15/h9-11,14,16,26,30H,3-8,12-13,24H2,1-2H3,(H,25,31)(H,27,28)/t14-/m1/s1. The largest absolute Gasteiger partial charge is 0.507 e. The minimum atomic E-state index is -0.184. The summed E-state index contributed by atoms with van der Waals surface area (Å²) in [4.78, 5) is 17.8. The molecule has 1 aromatic carbocycles. The minimum absolute atomic E-state index is 0.0740. The molecule has 9 heteroatoms. The van der Waals surface area contributed by atoms with E-state index in [1.165, 1.54) is 19.3 Å². The van der Waals surface area contributed by atoms with Crippen LogP contribution in [0.3, 0.4) is 0 Å². The van der Waals surface area contributed by atoms with Crippen LogP contribution in [0.5, 0.6) is 5.75 Å². The van der Waals surface area contributed by atoms with Crippen molar-refractivity contribution in [2.75, 3.05) is 23.7 Å². The van der Waals surface area contributed by atoms with E-state index in [0.717, 1.165) is 18.4 Å². The number of halogens is 1. The molecule has 170 valence electrons. The summed E-state index contributed by atoms with van der Waals surface area (Å²) in [6.07, 6.45) is 5.84. The molecule has 6 N–H and O–H groups in total. The highest BCUT2D eigenvalue weighted by molar-refractivity contribution is 9.10. The van der Waals surface area contributed by atoms with Gasteiger partial charge in [-0.25, -0.2) is 0 Å². The number of anilines is 2. The fourth-order valence-electron chi connectivity index (χ4n) is 3.83. The van der Waals surface area contributed by atoms with Crippen molar-refractivity contribution in [1.82, 2.24) is 14.9 Å². The van der Waals surface area contributed by atoms with Crippen molar-refractivity contribution >= 4 is 33.6 Å². The van der Waals surface area contributed by atoms with E-state index in [0.29, 0.717) is 47.6 Å². The Hall–Kier alpha value is -2.26. The van der Waals surface area contributed by atoms with E-state index in [-0.39, 0.29) is 17.7 Å². The molecular weight excluding hydrogens is 460 g/mol. The van der Waals surface area contributed by atoms with Gasteiger partial charge in [0, 0.05) is 25.2 Å². The van der Waals surface area contributed by atoms with Crippen molar-refractivity contribution in [1.29, 1.82) is 0 Å². The first-order chi connectivity index (χ1) is 14.9. The van der Waals surface area contributed by atoms with Gasteiger partial charge in [-0.15, -0.1) is 0 Å². The summed E-state index contributed by atoms with van der Waals surface area (Å²) in [5.41, 5.74) is 7.35. The molecule has 2 aromatic rings. The number of nitrogens with two attached hydrogens (primary N) is 1. The second-order valence-electron chi connectivity index (χ2n) is 8.20. The zero-order chi connectivity index (χ0) is 22.4. The number of carbonyl (C=O) groups is 1. The summed E-state index contributed by atoms with van der Waals surface area (Å²) in [5, 5.41) is 19.6. The van der Waals surface area contributed by atoms with Gasteiger partial charge in [-0.1, -0.05) is 25.3 Å². The van der Waals surface area contributed by atoms with E-state index < -0.39 is 0 Å². The first kappa shape index (κ1) is 23.4. The van der Waals surface area contributed by atoms with E-state index in [9.17, 15) is 9.90 Å². The molecule has 1 heterocycles. The molecule has 0 unspecified atom stereocenters. The minimum Gasteiger partial charge on any atom is -0.507 e. The fourth-order valence-corrected chi connectivity index (χ4v) is 4.26. The monoisotopic (exact) mass is 492 g/mol. The lowest BCUT2D eigenvalue weighted by molar-refractivity contribution is 0.0948. The SMILES string of the molecule is CCNC(=O)c1c(NC[C@@H](C)N)nc(NC2CCCCC2)n1Cc1ccc(O)c(Br)c1. The van der Waals surface area contributed by atoms with Crippen LogP contribution in [0, 0.1) is 0 Å². The molecule has 0 spiro atoms. The van der Waals surface area contributed by atoms with Crippen molar-refractivity contribution in [3.8, 4) is 5.75 Å². The lowest BCUT2D eigenvalue weighted by Crippen LogP contribution is -2.30. The van der Waals surface area contributed by atoms with E-state index in [1.54, 1.807) is 6.07 Å². The highest BCUT2D eigenvalue weighted by Gasteiger charge is 2.25. The maximum absolute atomic E-state index is 13.0. The van der Waals surface area contributed by atoms with E-state index in [1.807, 2.05) is 30.5 Å².